The van der Waals surface area contributed by atoms with Crippen LogP contribution in [0.3, 0.4) is 0 Å². The number of amides is 1. The molecule has 8 heteroatoms. The molecule has 1 amide bonds. The number of carbonyl (C=O) groups excluding carboxylic acids is 2. The molecule has 2 aromatic carbocycles. The Bertz CT molecular complexity index is 966. The van der Waals surface area contributed by atoms with Crippen LogP contribution in [0.2, 0.25) is 0 Å². The number of aryl methyl sites for hydroxylation is 2. The van der Waals surface area contributed by atoms with Gasteiger partial charge in [0.1, 0.15) is 6.54 Å². The summed E-state index contributed by atoms with van der Waals surface area (Å²) in [6.45, 7) is 5.18. The zero-order valence-corrected chi connectivity index (χ0v) is 17.2. The number of nitrogens with zero attached hydrogens (tertiary/aromatic N) is 1. The quantitative estimate of drug-likeness (QED) is 0.717. The van der Waals surface area contributed by atoms with Crippen LogP contribution in [0.15, 0.2) is 42.5 Å². The van der Waals surface area contributed by atoms with E-state index in [9.17, 15) is 18.0 Å². The summed E-state index contributed by atoms with van der Waals surface area (Å²) in [4.78, 5) is 24.6. The smallest absolute Gasteiger partial charge is 0.340 e. The molecule has 0 radical (unpaired) electrons. The summed E-state index contributed by atoms with van der Waals surface area (Å²) in [7, 11) is -3.69. The van der Waals surface area contributed by atoms with Gasteiger partial charge < -0.3 is 10.1 Å². The lowest BCUT2D eigenvalue weighted by Gasteiger charge is -2.23. The molecule has 0 spiro atoms. The number of nitrogens with one attached hydrogen (secondary N) is 1. The highest BCUT2D eigenvalue weighted by Crippen LogP contribution is 2.22. The molecule has 0 bridgehead atoms. The summed E-state index contributed by atoms with van der Waals surface area (Å²) in [6.07, 6.45) is 1.05. The molecular weight excluding hydrogens is 380 g/mol. The number of sulfonamides is 1. The molecular formula is C20H24N2O5S. The van der Waals surface area contributed by atoms with Crippen molar-refractivity contribution >= 4 is 33.3 Å². The van der Waals surface area contributed by atoms with Gasteiger partial charge in [0.25, 0.3) is 0 Å². The highest BCUT2D eigenvalue weighted by molar-refractivity contribution is 7.92. The fourth-order valence-corrected chi connectivity index (χ4v) is 3.63. The molecule has 7 nitrogen and oxygen atoms in total. The second kappa shape index (κ2) is 8.88. The van der Waals surface area contributed by atoms with Crippen molar-refractivity contribution in [2.24, 2.45) is 0 Å². The SMILES string of the molecule is CCOC(=O)c1ccccc1NC(=O)CN(c1cc(C)cc(C)c1)S(C)(=O)=O. The van der Waals surface area contributed by atoms with E-state index in [2.05, 4.69) is 5.32 Å². The molecule has 0 aliphatic carbocycles. The Morgan fingerprint density at radius 2 is 1.68 bits per heavy atom. The van der Waals surface area contributed by atoms with Gasteiger partial charge in [0.2, 0.25) is 15.9 Å². The zero-order chi connectivity index (χ0) is 20.9. The third-order valence-corrected chi connectivity index (χ3v) is 5.02. The van der Waals surface area contributed by atoms with Crippen LogP contribution >= 0.6 is 0 Å². The predicted octanol–water partition coefficient (Wildman–Crippen LogP) is 2.88. The first-order valence-electron chi connectivity index (χ1n) is 8.74. The van der Waals surface area contributed by atoms with Crippen molar-refractivity contribution in [2.45, 2.75) is 20.8 Å². The number of esters is 1. The minimum atomic E-state index is -3.69. The Morgan fingerprint density at radius 3 is 2.25 bits per heavy atom. The van der Waals surface area contributed by atoms with Gasteiger partial charge in [0, 0.05) is 0 Å². The normalized spacial score (nSPS) is 11.0. The molecule has 0 aromatic heterocycles. The van der Waals surface area contributed by atoms with Crippen LogP contribution in [-0.4, -0.2) is 39.7 Å². The molecule has 2 aromatic rings. The van der Waals surface area contributed by atoms with Crippen molar-refractivity contribution in [2.75, 3.05) is 29.0 Å². The average molecular weight is 404 g/mol. The number of anilines is 2. The zero-order valence-electron chi connectivity index (χ0n) is 16.4. The van der Waals surface area contributed by atoms with Crippen molar-refractivity contribution in [1.29, 1.82) is 0 Å². The largest absolute Gasteiger partial charge is 0.462 e. The average Bonchev–Trinajstić information content (AvgIpc) is 2.58. The van der Waals surface area contributed by atoms with E-state index in [-0.39, 0.29) is 17.9 Å². The summed E-state index contributed by atoms with van der Waals surface area (Å²) in [5, 5.41) is 2.61. The summed E-state index contributed by atoms with van der Waals surface area (Å²) in [5.41, 5.74) is 2.65. The second-order valence-electron chi connectivity index (χ2n) is 6.43. The van der Waals surface area contributed by atoms with E-state index in [1.807, 2.05) is 19.9 Å². The first-order chi connectivity index (χ1) is 13.1. The molecule has 0 aliphatic rings. The molecule has 0 unspecified atom stereocenters. The van der Waals surface area contributed by atoms with E-state index >= 15 is 0 Å². The van der Waals surface area contributed by atoms with Gasteiger partial charge in [-0.1, -0.05) is 18.2 Å². The lowest BCUT2D eigenvalue weighted by atomic mass is 10.1. The highest BCUT2D eigenvalue weighted by Gasteiger charge is 2.22. The van der Waals surface area contributed by atoms with Crippen molar-refractivity contribution in [3.63, 3.8) is 0 Å². The number of hydrogen-bond acceptors (Lipinski definition) is 5. The van der Waals surface area contributed by atoms with Crippen LogP contribution in [0.5, 0.6) is 0 Å². The number of ether oxygens (including phenoxy) is 1. The number of benzene rings is 2. The maximum Gasteiger partial charge on any atom is 0.340 e. The Balaban J connectivity index is 2.28. The van der Waals surface area contributed by atoms with Gasteiger partial charge in [-0.05, 0) is 56.2 Å². The maximum absolute atomic E-state index is 12.6. The molecule has 28 heavy (non-hydrogen) atoms. The number of para-hydroxylation sites is 1. The molecule has 0 saturated heterocycles. The Labute approximate surface area is 165 Å². The monoisotopic (exact) mass is 404 g/mol. The molecule has 150 valence electrons. The van der Waals surface area contributed by atoms with Crippen LogP contribution in [0, 0.1) is 13.8 Å². The Kier molecular flexibility index (Phi) is 6.80. The van der Waals surface area contributed by atoms with E-state index in [0.29, 0.717) is 5.69 Å². The molecule has 2 rings (SSSR count). The fourth-order valence-electron chi connectivity index (χ4n) is 2.79. The highest BCUT2D eigenvalue weighted by atomic mass is 32.2. The lowest BCUT2D eigenvalue weighted by molar-refractivity contribution is -0.114. The van der Waals surface area contributed by atoms with E-state index < -0.39 is 28.4 Å². The topological polar surface area (TPSA) is 92.8 Å². The van der Waals surface area contributed by atoms with Crippen LogP contribution in [0.4, 0.5) is 11.4 Å². The van der Waals surface area contributed by atoms with E-state index in [4.69, 9.17) is 4.74 Å². The van der Waals surface area contributed by atoms with E-state index in [1.54, 1.807) is 37.3 Å². The van der Waals surface area contributed by atoms with Crippen molar-refractivity contribution < 1.29 is 22.7 Å². The van der Waals surface area contributed by atoms with E-state index in [1.165, 1.54) is 6.07 Å². The van der Waals surface area contributed by atoms with Crippen molar-refractivity contribution in [3.8, 4) is 0 Å². The maximum atomic E-state index is 12.6. The third-order valence-electron chi connectivity index (χ3n) is 3.88. The van der Waals surface area contributed by atoms with Crippen molar-refractivity contribution in [1.82, 2.24) is 0 Å². The first-order valence-corrected chi connectivity index (χ1v) is 10.6. The molecule has 1 N–H and O–H groups in total. The number of hydrogen-bond donors (Lipinski definition) is 1. The third kappa shape index (κ3) is 5.56. The number of carbonyl (C=O) groups is 2. The second-order valence-corrected chi connectivity index (χ2v) is 8.34. The van der Waals surface area contributed by atoms with Gasteiger partial charge in [0.15, 0.2) is 0 Å². The van der Waals surface area contributed by atoms with E-state index in [0.717, 1.165) is 21.7 Å². The lowest BCUT2D eigenvalue weighted by Crippen LogP contribution is -2.37. The predicted molar refractivity (Wildman–Crippen MR) is 109 cm³/mol. The van der Waals surface area contributed by atoms with Crippen LogP contribution in [-0.2, 0) is 19.6 Å². The van der Waals surface area contributed by atoms with Gasteiger partial charge >= 0.3 is 5.97 Å². The minimum Gasteiger partial charge on any atom is -0.462 e. The summed E-state index contributed by atoms with van der Waals surface area (Å²) in [6, 6.07) is 11.7. The van der Waals surface area contributed by atoms with Crippen LogP contribution in [0.25, 0.3) is 0 Å². The standard InChI is InChI=1S/C20H24N2O5S/c1-5-27-20(24)17-8-6-7-9-18(17)21-19(23)13-22(28(4,25)26)16-11-14(2)10-15(3)12-16/h6-12H,5,13H2,1-4H3,(H,21,23). The summed E-state index contributed by atoms with van der Waals surface area (Å²) in [5.74, 6) is -1.13. The minimum absolute atomic E-state index is 0.204. The van der Waals surface area contributed by atoms with Crippen LogP contribution < -0.4 is 9.62 Å². The van der Waals surface area contributed by atoms with Crippen molar-refractivity contribution in [3.05, 3.63) is 59.2 Å². The Hall–Kier alpha value is -2.87. The Morgan fingerprint density at radius 1 is 1.07 bits per heavy atom. The number of rotatable bonds is 7. The van der Waals surface area contributed by atoms with Gasteiger partial charge in [-0.2, -0.15) is 0 Å². The molecule has 0 aliphatic heterocycles. The van der Waals surface area contributed by atoms with Gasteiger partial charge in [-0.3, -0.25) is 9.10 Å². The van der Waals surface area contributed by atoms with Gasteiger partial charge in [-0.25, -0.2) is 13.2 Å². The summed E-state index contributed by atoms with van der Waals surface area (Å²) < 4.78 is 30.6. The van der Waals surface area contributed by atoms with Gasteiger partial charge in [-0.15, -0.1) is 0 Å². The molecule has 0 atom stereocenters. The molecule has 0 saturated carbocycles. The first kappa shape index (κ1) is 21.4. The molecule has 0 heterocycles. The van der Waals surface area contributed by atoms with Gasteiger partial charge in [0.05, 0.1) is 29.8 Å². The summed E-state index contributed by atoms with van der Waals surface area (Å²) >= 11 is 0. The molecule has 0 fully saturated rings. The van der Waals surface area contributed by atoms with Crippen LogP contribution in [0.1, 0.15) is 28.4 Å². The fraction of sp³-hybridized carbons (Fsp3) is 0.300.